The molecule has 1 aromatic carbocycles. The van der Waals surface area contributed by atoms with Gasteiger partial charge in [0, 0.05) is 25.6 Å². The van der Waals surface area contributed by atoms with Crippen LogP contribution in [0.5, 0.6) is 0 Å². The van der Waals surface area contributed by atoms with E-state index >= 15 is 0 Å². The van der Waals surface area contributed by atoms with Crippen molar-refractivity contribution in [1.82, 2.24) is 4.90 Å². The lowest BCUT2D eigenvalue weighted by Gasteiger charge is -2.31. The van der Waals surface area contributed by atoms with E-state index in [1.54, 1.807) is 4.90 Å². The van der Waals surface area contributed by atoms with E-state index in [-0.39, 0.29) is 30.7 Å². The van der Waals surface area contributed by atoms with E-state index in [1.807, 2.05) is 42.6 Å². The number of thiophene rings is 1. The van der Waals surface area contributed by atoms with E-state index in [2.05, 4.69) is 4.99 Å². The predicted octanol–water partition coefficient (Wildman–Crippen LogP) is 3.61. The fourth-order valence-electron chi connectivity index (χ4n) is 2.85. The quantitative estimate of drug-likeness (QED) is 0.579. The van der Waals surface area contributed by atoms with Crippen LogP contribution in [0.2, 0.25) is 0 Å². The minimum atomic E-state index is -0.429. The fourth-order valence-corrected chi connectivity index (χ4v) is 3.48. The van der Waals surface area contributed by atoms with Crippen molar-refractivity contribution in [2.24, 2.45) is 10.7 Å². The Kier molecular flexibility index (Phi) is 8.68. The SMILES string of the molecule is CN(C)CCN1C(=O)CCc2cc(N=C(N)c3cccs3)cc(F)c21.Cl.Cl. The first kappa shape index (κ1) is 23.4. The van der Waals surface area contributed by atoms with Crippen LogP contribution in [0.4, 0.5) is 15.8 Å². The Bertz CT molecular complexity index is 812. The number of amides is 1. The molecule has 0 bridgehead atoms. The van der Waals surface area contributed by atoms with Gasteiger partial charge in [-0.1, -0.05) is 6.07 Å². The summed E-state index contributed by atoms with van der Waals surface area (Å²) in [5.41, 5.74) is 7.66. The molecule has 1 aliphatic heterocycles. The average molecular weight is 433 g/mol. The number of anilines is 1. The first-order valence-electron chi connectivity index (χ1n) is 8.11. The Hall–Kier alpha value is -1.67. The van der Waals surface area contributed by atoms with Crippen LogP contribution in [0.15, 0.2) is 34.6 Å². The molecule has 0 saturated heterocycles. The first-order chi connectivity index (χ1) is 12.0. The van der Waals surface area contributed by atoms with Crippen molar-refractivity contribution < 1.29 is 9.18 Å². The van der Waals surface area contributed by atoms with E-state index in [1.165, 1.54) is 17.4 Å². The summed E-state index contributed by atoms with van der Waals surface area (Å²) in [7, 11) is 3.85. The number of nitrogens with zero attached hydrogens (tertiary/aromatic N) is 3. The normalized spacial score (nSPS) is 13.9. The maximum Gasteiger partial charge on any atom is 0.227 e. The van der Waals surface area contributed by atoms with Crippen molar-refractivity contribution in [1.29, 1.82) is 0 Å². The Balaban J connectivity index is 0.00000182. The topological polar surface area (TPSA) is 61.9 Å². The molecule has 0 spiro atoms. The zero-order valence-electron chi connectivity index (χ0n) is 15.1. The number of rotatable bonds is 5. The molecule has 27 heavy (non-hydrogen) atoms. The van der Waals surface area contributed by atoms with Gasteiger partial charge in [-0.2, -0.15) is 0 Å². The monoisotopic (exact) mass is 432 g/mol. The van der Waals surface area contributed by atoms with Crippen molar-refractivity contribution in [3.05, 3.63) is 45.9 Å². The number of hydrogen-bond acceptors (Lipinski definition) is 4. The summed E-state index contributed by atoms with van der Waals surface area (Å²) in [5.74, 6) is -0.102. The largest absolute Gasteiger partial charge is 0.383 e. The molecule has 9 heteroatoms. The number of aryl methyl sites for hydroxylation is 1. The zero-order valence-corrected chi connectivity index (χ0v) is 17.6. The molecule has 148 valence electrons. The van der Waals surface area contributed by atoms with Crippen molar-refractivity contribution in [3.8, 4) is 0 Å². The first-order valence-corrected chi connectivity index (χ1v) is 8.99. The van der Waals surface area contributed by atoms with E-state index in [0.717, 1.165) is 10.4 Å². The number of fused-ring (bicyclic) bond motifs is 1. The number of aliphatic imine (C=N–C) groups is 1. The molecule has 3 rings (SSSR count). The third-order valence-corrected chi connectivity index (χ3v) is 4.99. The summed E-state index contributed by atoms with van der Waals surface area (Å²) in [5, 5.41) is 1.92. The second kappa shape index (κ2) is 10.0. The van der Waals surface area contributed by atoms with Gasteiger partial charge in [-0.25, -0.2) is 9.38 Å². The number of nitrogens with two attached hydrogens (primary N) is 1. The van der Waals surface area contributed by atoms with Gasteiger partial charge >= 0.3 is 0 Å². The number of benzene rings is 1. The Morgan fingerprint density at radius 3 is 2.70 bits per heavy atom. The van der Waals surface area contributed by atoms with Gasteiger partial charge in [0.2, 0.25) is 5.91 Å². The standard InChI is InChI=1S/C18H21FN4OS.2ClH/c1-22(2)7-8-23-16(24)6-5-12-10-13(11-14(19)17(12)23)21-18(20)15-4-3-9-25-15;;/h3-4,9-11H,5-8H2,1-2H3,(H2,20,21);2*1H. The number of likely N-dealkylation sites (N-methyl/N-ethyl adjacent to an activating group) is 1. The lowest BCUT2D eigenvalue weighted by molar-refractivity contribution is -0.119. The number of carbonyl (C=O) groups is 1. The van der Waals surface area contributed by atoms with Gasteiger partial charge in [0.05, 0.1) is 16.3 Å². The summed E-state index contributed by atoms with van der Waals surface area (Å²) in [6.45, 7) is 1.14. The van der Waals surface area contributed by atoms with E-state index in [0.29, 0.717) is 43.1 Å². The van der Waals surface area contributed by atoms with Crippen molar-refractivity contribution >= 4 is 59.3 Å². The van der Waals surface area contributed by atoms with Crippen LogP contribution < -0.4 is 10.6 Å². The molecule has 0 aliphatic carbocycles. The molecule has 2 aromatic rings. The lowest BCUT2D eigenvalue weighted by Crippen LogP contribution is -2.40. The van der Waals surface area contributed by atoms with Gasteiger partial charge in [0.25, 0.3) is 0 Å². The van der Waals surface area contributed by atoms with Crippen LogP contribution in [0, 0.1) is 5.82 Å². The molecule has 0 saturated carbocycles. The second-order valence-corrected chi connectivity index (χ2v) is 7.21. The average Bonchev–Trinajstić information content (AvgIpc) is 3.08. The Labute approximate surface area is 174 Å². The summed E-state index contributed by atoms with van der Waals surface area (Å²) >= 11 is 1.49. The van der Waals surface area contributed by atoms with Crippen molar-refractivity contribution in [2.45, 2.75) is 12.8 Å². The van der Waals surface area contributed by atoms with Crippen LogP contribution in [-0.2, 0) is 11.2 Å². The number of halogens is 3. The van der Waals surface area contributed by atoms with Crippen LogP contribution in [-0.4, -0.2) is 43.8 Å². The fraction of sp³-hybridized carbons (Fsp3) is 0.333. The molecule has 2 N–H and O–H groups in total. The highest BCUT2D eigenvalue weighted by atomic mass is 35.5. The van der Waals surface area contributed by atoms with Crippen LogP contribution in [0.3, 0.4) is 0 Å². The molecular weight excluding hydrogens is 410 g/mol. The molecule has 0 atom stereocenters. The highest BCUT2D eigenvalue weighted by Crippen LogP contribution is 2.34. The predicted molar refractivity (Wildman–Crippen MR) is 115 cm³/mol. The number of carbonyl (C=O) groups excluding carboxylic acids is 1. The number of amidine groups is 1. The van der Waals surface area contributed by atoms with Gasteiger partial charge in [0.15, 0.2) is 0 Å². The zero-order chi connectivity index (χ0) is 18.0. The van der Waals surface area contributed by atoms with Gasteiger partial charge in [-0.3, -0.25) is 4.79 Å². The van der Waals surface area contributed by atoms with Crippen LogP contribution in [0.1, 0.15) is 16.9 Å². The van der Waals surface area contributed by atoms with Crippen LogP contribution in [0.25, 0.3) is 0 Å². The summed E-state index contributed by atoms with van der Waals surface area (Å²) in [6, 6.07) is 6.94. The molecule has 0 radical (unpaired) electrons. The minimum absolute atomic E-state index is 0. The summed E-state index contributed by atoms with van der Waals surface area (Å²) < 4.78 is 14.8. The van der Waals surface area contributed by atoms with Crippen LogP contribution >= 0.6 is 36.2 Å². The maximum atomic E-state index is 14.8. The highest BCUT2D eigenvalue weighted by molar-refractivity contribution is 7.12. The van der Waals surface area contributed by atoms with E-state index in [9.17, 15) is 9.18 Å². The van der Waals surface area contributed by atoms with Crippen molar-refractivity contribution in [3.63, 3.8) is 0 Å². The van der Waals surface area contributed by atoms with Gasteiger partial charge < -0.3 is 15.5 Å². The number of hydrogen-bond donors (Lipinski definition) is 1. The Morgan fingerprint density at radius 1 is 1.33 bits per heavy atom. The summed E-state index contributed by atoms with van der Waals surface area (Å²) in [6.07, 6.45) is 0.902. The third kappa shape index (κ3) is 5.42. The minimum Gasteiger partial charge on any atom is -0.383 e. The summed E-state index contributed by atoms with van der Waals surface area (Å²) in [4.78, 5) is 20.9. The molecule has 5 nitrogen and oxygen atoms in total. The van der Waals surface area contributed by atoms with Crippen molar-refractivity contribution in [2.75, 3.05) is 32.1 Å². The molecule has 1 amide bonds. The highest BCUT2D eigenvalue weighted by Gasteiger charge is 2.27. The third-order valence-electron chi connectivity index (χ3n) is 4.10. The Morgan fingerprint density at radius 2 is 2.07 bits per heavy atom. The molecule has 0 fully saturated rings. The van der Waals surface area contributed by atoms with Gasteiger partial charge in [0.1, 0.15) is 11.7 Å². The molecule has 2 heterocycles. The lowest BCUT2D eigenvalue weighted by atomic mass is 10.00. The smallest absolute Gasteiger partial charge is 0.227 e. The molecule has 1 aromatic heterocycles. The second-order valence-electron chi connectivity index (χ2n) is 6.26. The molecule has 0 unspecified atom stereocenters. The van der Waals surface area contributed by atoms with Gasteiger partial charge in [-0.15, -0.1) is 36.2 Å². The van der Waals surface area contributed by atoms with E-state index in [4.69, 9.17) is 5.73 Å². The maximum absolute atomic E-state index is 14.8. The molecular formula is C18H23Cl2FN4OS. The molecule has 1 aliphatic rings. The van der Waals surface area contributed by atoms with Gasteiger partial charge in [-0.05, 0) is 43.6 Å². The van der Waals surface area contributed by atoms with E-state index < -0.39 is 5.82 Å².